The van der Waals surface area contributed by atoms with Crippen LogP contribution in [-0.4, -0.2) is 4.57 Å². The molecule has 0 bridgehead atoms. The van der Waals surface area contributed by atoms with E-state index in [0.717, 1.165) is 31.5 Å². The summed E-state index contributed by atoms with van der Waals surface area (Å²) in [6.45, 7) is 10.5. The van der Waals surface area contributed by atoms with Gasteiger partial charge in [-0.1, -0.05) is 173 Å². The third-order valence-corrected chi connectivity index (χ3v) is 18.2. The van der Waals surface area contributed by atoms with Crippen molar-refractivity contribution in [3.8, 4) is 61.6 Å². The van der Waals surface area contributed by atoms with Gasteiger partial charge in [-0.2, -0.15) is 9.13 Å². The van der Waals surface area contributed by atoms with E-state index in [1.165, 1.54) is 129 Å². The van der Waals surface area contributed by atoms with Crippen molar-refractivity contribution in [1.29, 1.82) is 0 Å². The van der Waals surface area contributed by atoms with Crippen LogP contribution in [0.3, 0.4) is 0 Å². The van der Waals surface area contributed by atoms with Crippen LogP contribution in [0.15, 0.2) is 231 Å². The zero-order chi connectivity index (χ0) is 51.1. The zero-order valence-corrected chi connectivity index (χ0v) is 44.1. The standard InChI is InChI=1S/C73H63N3/c1-5-7-21-51-25-20-32-63-59(51)39-42-75-70(63)64-31-13-16-33-66(64)73(71(75)72(73,4)6-2)40-43-74-41-38-52-24-11-12-28-60(52)69(74)65-48-55(37-36-49(65)3)53-26-19-27-54(44-53)57-45-56(50-22-9-8-10-23-50)46-58(47-57)76-67-34-17-14-29-61(67)62-30-15-18-35-68(62)76/h8-20,22-39,41-42,44-48,71H,5-7,21,40,43H2,1-4H3/q+2. The molecule has 0 N–H and O–H groups in total. The number of para-hydroxylation sites is 2. The van der Waals surface area contributed by atoms with Gasteiger partial charge in [0.2, 0.25) is 11.4 Å². The fourth-order valence-corrected chi connectivity index (χ4v) is 14.2. The van der Waals surface area contributed by atoms with Crippen molar-refractivity contribution in [2.24, 2.45) is 5.41 Å². The lowest BCUT2D eigenvalue weighted by molar-refractivity contribution is -0.703. The summed E-state index contributed by atoms with van der Waals surface area (Å²) in [5.74, 6) is 0. The van der Waals surface area contributed by atoms with Crippen LogP contribution in [0.4, 0.5) is 0 Å². The molecule has 3 unspecified atom stereocenters. The number of hydrogen-bond donors (Lipinski definition) is 0. The zero-order valence-electron chi connectivity index (χ0n) is 44.1. The van der Waals surface area contributed by atoms with Gasteiger partial charge in [0.25, 0.3) is 0 Å². The van der Waals surface area contributed by atoms with Crippen molar-refractivity contribution >= 4 is 43.4 Å². The first-order valence-corrected chi connectivity index (χ1v) is 27.8. The molecule has 1 fully saturated rings. The van der Waals surface area contributed by atoms with E-state index in [0.29, 0.717) is 6.04 Å². The van der Waals surface area contributed by atoms with Crippen LogP contribution in [0.2, 0.25) is 0 Å². The minimum absolute atomic E-state index is 0.0179. The number of unbranched alkanes of at least 4 members (excludes halogenated alkanes) is 1. The Morgan fingerprint density at radius 1 is 0.487 bits per heavy atom. The normalized spacial score (nSPS) is 17.5. The van der Waals surface area contributed by atoms with E-state index in [1.54, 1.807) is 0 Å². The largest absolute Gasteiger partial charge is 0.309 e. The second-order valence-electron chi connectivity index (χ2n) is 22.1. The number of rotatable bonds is 12. The monoisotopic (exact) mass is 982 g/mol. The summed E-state index contributed by atoms with van der Waals surface area (Å²) >= 11 is 0. The first-order valence-electron chi connectivity index (χ1n) is 27.8. The Morgan fingerprint density at radius 3 is 1.89 bits per heavy atom. The Labute approximate surface area is 447 Å². The van der Waals surface area contributed by atoms with E-state index in [2.05, 4.69) is 272 Å². The summed E-state index contributed by atoms with van der Waals surface area (Å²) in [4.78, 5) is 0. The molecule has 0 radical (unpaired) electrons. The molecule has 76 heavy (non-hydrogen) atoms. The summed E-state index contributed by atoms with van der Waals surface area (Å²) in [5, 5.41) is 7.87. The van der Waals surface area contributed by atoms with E-state index in [-0.39, 0.29) is 10.8 Å². The highest BCUT2D eigenvalue weighted by Crippen LogP contribution is 2.76. The quantitative estimate of drug-likeness (QED) is 0.108. The van der Waals surface area contributed by atoms with Gasteiger partial charge < -0.3 is 4.57 Å². The first-order chi connectivity index (χ1) is 37.4. The highest BCUT2D eigenvalue weighted by atomic mass is 15.1. The average Bonchev–Trinajstić information content (AvgIpc) is 3.38. The molecule has 14 rings (SSSR count). The topological polar surface area (TPSA) is 12.7 Å². The number of nitrogens with zero attached hydrogens (tertiary/aromatic N) is 3. The predicted molar refractivity (Wildman–Crippen MR) is 317 cm³/mol. The fraction of sp³-hybridized carbons (Fsp3) is 0.178. The molecule has 4 heterocycles. The van der Waals surface area contributed by atoms with E-state index < -0.39 is 0 Å². The van der Waals surface area contributed by atoms with Crippen molar-refractivity contribution in [2.75, 3.05) is 0 Å². The molecule has 3 heteroatoms. The van der Waals surface area contributed by atoms with Gasteiger partial charge >= 0.3 is 0 Å². The van der Waals surface area contributed by atoms with Crippen molar-refractivity contribution in [3.63, 3.8) is 0 Å². The van der Waals surface area contributed by atoms with Crippen molar-refractivity contribution < 1.29 is 9.13 Å². The summed E-state index contributed by atoms with van der Waals surface area (Å²) in [7, 11) is 0. The second-order valence-corrected chi connectivity index (χ2v) is 22.1. The Morgan fingerprint density at radius 2 is 1.12 bits per heavy atom. The van der Waals surface area contributed by atoms with Crippen LogP contribution in [-0.2, 0) is 18.4 Å². The van der Waals surface area contributed by atoms with E-state index >= 15 is 0 Å². The number of benzene rings is 9. The SMILES string of the molecule is CCCCc1cccc2c3[n+](ccc12)C1C(C)(CC)C1(CC[n+]1ccc2ccccc2c1-c1cc(-c2cccc(-c4cc(-c5ccccc5)cc(-n5c6ccccc6c6ccccc65)c4)c2)ccc1C)c1ccccc1-3. The Bertz CT molecular complexity index is 4200. The fourth-order valence-electron chi connectivity index (χ4n) is 14.2. The van der Waals surface area contributed by atoms with Crippen molar-refractivity contribution in [1.82, 2.24) is 4.57 Å². The highest BCUT2D eigenvalue weighted by Gasteiger charge is 2.82. The van der Waals surface area contributed by atoms with Crippen molar-refractivity contribution in [2.45, 2.75) is 77.8 Å². The van der Waals surface area contributed by atoms with Crippen molar-refractivity contribution in [3.05, 3.63) is 247 Å². The maximum absolute atomic E-state index is 2.70. The molecule has 1 aliphatic heterocycles. The van der Waals surface area contributed by atoms with E-state index in [9.17, 15) is 0 Å². The molecule has 3 atom stereocenters. The minimum Gasteiger partial charge on any atom is -0.309 e. The van der Waals surface area contributed by atoms with Crippen LogP contribution < -0.4 is 9.13 Å². The molecule has 368 valence electrons. The van der Waals surface area contributed by atoms with Gasteiger partial charge in [0, 0.05) is 40.4 Å². The second kappa shape index (κ2) is 18.2. The van der Waals surface area contributed by atoms with Gasteiger partial charge in [-0.25, -0.2) is 0 Å². The molecular formula is C73H63N3+2. The molecule has 0 saturated heterocycles. The van der Waals surface area contributed by atoms with Gasteiger partial charge in [0.1, 0.15) is 6.54 Å². The number of pyridine rings is 2. The summed E-state index contributed by atoms with van der Waals surface area (Å²) in [6, 6.07) is 82.4. The average molecular weight is 982 g/mol. The summed E-state index contributed by atoms with van der Waals surface area (Å²) in [6.07, 6.45) is 10.5. The Balaban J connectivity index is 0.865. The molecule has 0 amide bonds. The number of fused-ring (bicyclic) bond motifs is 12. The Kier molecular flexibility index (Phi) is 11.0. The number of aromatic nitrogens is 3. The van der Waals surface area contributed by atoms with Crippen LogP contribution in [0.5, 0.6) is 0 Å². The Hall–Kier alpha value is -8.40. The predicted octanol–water partition coefficient (Wildman–Crippen LogP) is 18.0. The third-order valence-electron chi connectivity index (χ3n) is 18.2. The molecule has 2 aliphatic rings. The minimum atomic E-state index is -0.0179. The van der Waals surface area contributed by atoms with Crippen LogP contribution >= 0.6 is 0 Å². The van der Waals surface area contributed by atoms with Gasteiger partial charge in [0.05, 0.1) is 38.3 Å². The van der Waals surface area contributed by atoms with Gasteiger partial charge in [0.15, 0.2) is 18.4 Å². The molecule has 3 nitrogen and oxygen atoms in total. The number of aryl methyl sites for hydroxylation is 3. The molecule has 1 saturated carbocycles. The first kappa shape index (κ1) is 46.2. The molecule has 9 aromatic carbocycles. The van der Waals surface area contributed by atoms with Gasteiger partial charge in [-0.3, -0.25) is 0 Å². The molecule has 1 aliphatic carbocycles. The molecule has 12 aromatic rings. The number of hydrogen-bond acceptors (Lipinski definition) is 0. The maximum Gasteiger partial charge on any atom is 0.220 e. The van der Waals surface area contributed by atoms with E-state index in [4.69, 9.17) is 0 Å². The molecular weight excluding hydrogens is 919 g/mol. The third kappa shape index (κ3) is 7.08. The lowest BCUT2D eigenvalue weighted by atomic mass is 9.78. The highest BCUT2D eigenvalue weighted by molar-refractivity contribution is 6.09. The smallest absolute Gasteiger partial charge is 0.220 e. The van der Waals surface area contributed by atoms with E-state index in [1.807, 2.05) is 0 Å². The van der Waals surface area contributed by atoms with Gasteiger partial charge in [-0.15, -0.1) is 0 Å². The molecule has 3 aromatic heterocycles. The summed E-state index contributed by atoms with van der Waals surface area (Å²) in [5.41, 5.74) is 20.4. The lowest BCUT2D eigenvalue weighted by Gasteiger charge is -2.25. The molecule has 0 spiro atoms. The maximum atomic E-state index is 2.70. The summed E-state index contributed by atoms with van der Waals surface area (Å²) < 4.78 is 7.74. The van der Waals surface area contributed by atoms with Crippen LogP contribution in [0, 0.1) is 12.3 Å². The van der Waals surface area contributed by atoms with Gasteiger partial charge in [-0.05, 0) is 148 Å². The van der Waals surface area contributed by atoms with Crippen LogP contribution in [0.1, 0.15) is 69.2 Å². The lowest BCUT2D eigenvalue weighted by Crippen LogP contribution is -2.44. The van der Waals surface area contributed by atoms with Crippen LogP contribution in [0.25, 0.3) is 105 Å².